The van der Waals surface area contributed by atoms with Gasteiger partial charge in [-0.2, -0.15) is 5.10 Å². The summed E-state index contributed by atoms with van der Waals surface area (Å²) in [6.45, 7) is 4.80. The highest BCUT2D eigenvalue weighted by Gasteiger charge is 2.18. The molecule has 2 rings (SSSR count). The van der Waals surface area contributed by atoms with Crippen LogP contribution in [-0.2, 0) is 13.6 Å². The maximum atomic E-state index is 6.14. The van der Waals surface area contributed by atoms with Crippen molar-refractivity contribution in [2.75, 3.05) is 0 Å². The van der Waals surface area contributed by atoms with Crippen LogP contribution in [0.1, 0.15) is 30.2 Å². The summed E-state index contributed by atoms with van der Waals surface area (Å²) >= 11 is 0. The van der Waals surface area contributed by atoms with E-state index in [1.54, 1.807) is 10.9 Å². The number of nitrogens with two attached hydrogens (primary N) is 1. The van der Waals surface area contributed by atoms with Gasteiger partial charge in [0.25, 0.3) is 0 Å². The van der Waals surface area contributed by atoms with Crippen molar-refractivity contribution in [3.63, 3.8) is 0 Å². The van der Waals surface area contributed by atoms with Crippen LogP contribution in [0.3, 0.4) is 0 Å². The summed E-state index contributed by atoms with van der Waals surface area (Å²) in [6, 6.07) is -0.269. The van der Waals surface area contributed by atoms with E-state index in [-0.39, 0.29) is 6.04 Å². The molecule has 0 aromatic carbocycles. The number of nitrogens with zero attached hydrogens (tertiary/aromatic N) is 5. The highest BCUT2D eigenvalue weighted by molar-refractivity contribution is 5.19. The third kappa shape index (κ3) is 1.71. The van der Waals surface area contributed by atoms with E-state index in [1.807, 2.05) is 24.7 Å². The van der Waals surface area contributed by atoms with Gasteiger partial charge in [-0.05, 0) is 13.8 Å². The molecule has 0 radical (unpaired) electrons. The fourth-order valence-electron chi connectivity index (χ4n) is 1.77. The molecule has 0 spiro atoms. The quantitative estimate of drug-likeness (QED) is 0.811. The van der Waals surface area contributed by atoms with Gasteiger partial charge in [0.2, 0.25) is 0 Å². The van der Waals surface area contributed by atoms with Gasteiger partial charge in [0.05, 0.1) is 12.2 Å². The average molecular weight is 220 g/mol. The predicted octanol–water partition coefficient (Wildman–Crippen LogP) is 0.388. The Morgan fingerprint density at radius 3 is 2.75 bits per heavy atom. The van der Waals surface area contributed by atoms with Crippen LogP contribution in [0, 0.1) is 6.92 Å². The molecule has 0 fully saturated rings. The van der Waals surface area contributed by atoms with E-state index in [2.05, 4.69) is 22.2 Å². The molecule has 86 valence electrons. The maximum Gasteiger partial charge on any atom is 0.154 e. The number of hydrogen-bond donors (Lipinski definition) is 1. The Morgan fingerprint density at radius 1 is 1.44 bits per heavy atom. The van der Waals surface area contributed by atoms with E-state index in [4.69, 9.17) is 5.73 Å². The molecule has 0 saturated carbocycles. The summed E-state index contributed by atoms with van der Waals surface area (Å²) in [4.78, 5) is 0. The number of aromatic nitrogens is 5. The van der Waals surface area contributed by atoms with Crippen LogP contribution >= 0.6 is 0 Å². The Morgan fingerprint density at radius 2 is 2.19 bits per heavy atom. The largest absolute Gasteiger partial charge is 0.318 e. The van der Waals surface area contributed by atoms with Gasteiger partial charge < -0.3 is 10.3 Å². The maximum absolute atomic E-state index is 6.14. The molecule has 6 heteroatoms. The number of rotatable bonds is 3. The molecular formula is C10H16N6. The summed E-state index contributed by atoms with van der Waals surface area (Å²) in [5, 5.41) is 12.3. The van der Waals surface area contributed by atoms with Gasteiger partial charge in [-0.1, -0.05) is 0 Å². The van der Waals surface area contributed by atoms with E-state index in [0.29, 0.717) is 0 Å². The van der Waals surface area contributed by atoms with E-state index in [0.717, 1.165) is 23.8 Å². The Kier molecular flexibility index (Phi) is 2.74. The third-order valence-electron chi connectivity index (χ3n) is 2.64. The van der Waals surface area contributed by atoms with Crippen molar-refractivity contribution in [2.24, 2.45) is 12.8 Å². The molecular weight excluding hydrogens is 204 g/mol. The summed E-state index contributed by atoms with van der Waals surface area (Å²) in [5.41, 5.74) is 7.09. The standard InChI is InChI=1S/C10H16N6/c1-4-16-7(2)13-14-10(16)9(11)8-5-12-15(3)6-8/h5-6,9H,4,11H2,1-3H3. The average Bonchev–Trinajstić information content (AvgIpc) is 2.83. The third-order valence-corrected chi connectivity index (χ3v) is 2.64. The van der Waals surface area contributed by atoms with Gasteiger partial charge in [-0.15, -0.1) is 10.2 Å². The van der Waals surface area contributed by atoms with E-state index in [9.17, 15) is 0 Å². The second kappa shape index (κ2) is 4.05. The van der Waals surface area contributed by atoms with E-state index in [1.165, 1.54) is 0 Å². The molecule has 2 N–H and O–H groups in total. The molecule has 1 unspecified atom stereocenters. The zero-order valence-electron chi connectivity index (χ0n) is 9.75. The zero-order valence-corrected chi connectivity index (χ0v) is 9.75. The lowest BCUT2D eigenvalue weighted by molar-refractivity contribution is 0.643. The van der Waals surface area contributed by atoms with Gasteiger partial charge in [0, 0.05) is 25.4 Å². The normalized spacial score (nSPS) is 13.0. The molecule has 0 aliphatic heterocycles. The first-order valence-electron chi connectivity index (χ1n) is 5.27. The fourth-order valence-corrected chi connectivity index (χ4v) is 1.77. The first-order chi connectivity index (χ1) is 7.63. The molecule has 2 aromatic rings. The lowest BCUT2D eigenvalue weighted by atomic mass is 10.1. The highest BCUT2D eigenvalue weighted by Crippen LogP contribution is 2.17. The first-order valence-corrected chi connectivity index (χ1v) is 5.27. The Labute approximate surface area is 94.1 Å². The molecule has 2 heterocycles. The van der Waals surface area contributed by atoms with Gasteiger partial charge in [-0.3, -0.25) is 4.68 Å². The van der Waals surface area contributed by atoms with Crippen LogP contribution in [0.15, 0.2) is 12.4 Å². The van der Waals surface area contributed by atoms with Crippen molar-refractivity contribution >= 4 is 0 Å². The summed E-state index contributed by atoms with van der Waals surface area (Å²) in [5.74, 6) is 1.67. The van der Waals surface area contributed by atoms with Crippen molar-refractivity contribution in [3.8, 4) is 0 Å². The molecule has 0 bridgehead atoms. The topological polar surface area (TPSA) is 74.6 Å². The van der Waals surface area contributed by atoms with Crippen LogP contribution in [-0.4, -0.2) is 24.5 Å². The molecule has 0 amide bonds. The first kappa shape index (κ1) is 10.8. The smallest absolute Gasteiger partial charge is 0.154 e. The molecule has 0 aliphatic carbocycles. The van der Waals surface area contributed by atoms with Crippen LogP contribution < -0.4 is 5.73 Å². The molecule has 6 nitrogen and oxygen atoms in total. The number of aryl methyl sites for hydroxylation is 2. The van der Waals surface area contributed by atoms with Gasteiger partial charge in [0.1, 0.15) is 5.82 Å². The second-order valence-corrected chi connectivity index (χ2v) is 3.77. The van der Waals surface area contributed by atoms with Crippen LogP contribution in [0.4, 0.5) is 0 Å². The zero-order chi connectivity index (χ0) is 11.7. The van der Waals surface area contributed by atoms with Gasteiger partial charge in [0.15, 0.2) is 5.82 Å². The van der Waals surface area contributed by atoms with Crippen LogP contribution in [0.5, 0.6) is 0 Å². The molecule has 2 aromatic heterocycles. The Bertz CT molecular complexity index is 483. The van der Waals surface area contributed by atoms with Crippen LogP contribution in [0.25, 0.3) is 0 Å². The second-order valence-electron chi connectivity index (χ2n) is 3.77. The molecule has 0 aliphatic rings. The van der Waals surface area contributed by atoms with E-state index >= 15 is 0 Å². The minimum atomic E-state index is -0.269. The lowest BCUT2D eigenvalue weighted by Gasteiger charge is -2.10. The minimum Gasteiger partial charge on any atom is -0.318 e. The summed E-state index contributed by atoms with van der Waals surface area (Å²) in [7, 11) is 1.87. The van der Waals surface area contributed by atoms with Crippen molar-refractivity contribution in [3.05, 3.63) is 29.6 Å². The molecule has 0 saturated heterocycles. The molecule has 16 heavy (non-hydrogen) atoms. The monoisotopic (exact) mass is 220 g/mol. The Hall–Kier alpha value is -1.69. The van der Waals surface area contributed by atoms with Gasteiger partial charge >= 0.3 is 0 Å². The van der Waals surface area contributed by atoms with Crippen molar-refractivity contribution < 1.29 is 0 Å². The minimum absolute atomic E-state index is 0.269. The summed E-state index contributed by atoms with van der Waals surface area (Å²) in [6.07, 6.45) is 3.66. The SMILES string of the molecule is CCn1c(C)nnc1C(N)c1cnn(C)c1. The predicted molar refractivity (Wildman–Crippen MR) is 59.7 cm³/mol. The molecule has 1 atom stereocenters. The van der Waals surface area contributed by atoms with E-state index < -0.39 is 0 Å². The Balaban J connectivity index is 2.37. The highest BCUT2D eigenvalue weighted by atomic mass is 15.3. The van der Waals surface area contributed by atoms with Crippen molar-refractivity contribution in [2.45, 2.75) is 26.4 Å². The number of hydrogen-bond acceptors (Lipinski definition) is 4. The summed E-state index contributed by atoms with van der Waals surface area (Å²) < 4.78 is 3.74. The fraction of sp³-hybridized carbons (Fsp3) is 0.500. The van der Waals surface area contributed by atoms with Crippen molar-refractivity contribution in [1.29, 1.82) is 0 Å². The van der Waals surface area contributed by atoms with Crippen LogP contribution in [0.2, 0.25) is 0 Å². The lowest BCUT2D eigenvalue weighted by Crippen LogP contribution is -2.17. The van der Waals surface area contributed by atoms with Crippen molar-refractivity contribution in [1.82, 2.24) is 24.5 Å². The van der Waals surface area contributed by atoms with Gasteiger partial charge in [-0.25, -0.2) is 0 Å².